The van der Waals surface area contributed by atoms with Crippen molar-refractivity contribution < 1.29 is 0 Å². The summed E-state index contributed by atoms with van der Waals surface area (Å²) >= 11 is 0. The van der Waals surface area contributed by atoms with E-state index < -0.39 is 0 Å². The van der Waals surface area contributed by atoms with Gasteiger partial charge in [0.05, 0.1) is 6.20 Å². The summed E-state index contributed by atoms with van der Waals surface area (Å²) in [5, 5.41) is 7.10. The number of fused-ring (bicyclic) bond motifs is 1. The standard InChI is InChI=1S/C5H2N5/c1-4-5(8-2-6-1)10-9-3-7-4/h1-2H. The first-order chi connectivity index (χ1) is 4.97. The van der Waals surface area contributed by atoms with E-state index >= 15 is 0 Å². The molecule has 0 saturated carbocycles. The van der Waals surface area contributed by atoms with Gasteiger partial charge in [-0.25, -0.2) is 15.0 Å². The van der Waals surface area contributed by atoms with E-state index in [2.05, 4.69) is 31.5 Å². The molecule has 2 aromatic heterocycles. The van der Waals surface area contributed by atoms with E-state index in [-0.39, 0.29) is 0 Å². The van der Waals surface area contributed by atoms with Crippen LogP contribution in [0.2, 0.25) is 0 Å². The van der Waals surface area contributed by atoms with Crippen LogP contribution in [0.15, 0.2) is 12.5 Å². The fraction of sp³-hybridized carbons (Fsp3) is 0. The molecule has 0 atom stereocenters. The Morgan fingerprint density at radius 2 is 2.40 bits per heavy atom. The Labute approximate surface area is 56.2 Å². The van der Waals surface area contributed by atoms with E-state index in [1.54, 1.807) is 6.20 Å². The highest BCUT2D eigenvalue weighted by Crippen LogP contribution is 1.96. The third-order valence-electron chi connectivity index (χ3n) is 1.03. The van der Waals surface area contributed by atoms with Gasteiger partial charge in [-0.1, -0.05) is 0 Å². The van der Waals surface area contributed by atoms with Crippen molar-refractivity contribution in [3.05, 3.63) is 18.9 Å². The maximum atomic E-state index is 3.81. The zero-order chi connectivity index (χ0) is 6.81. The Balaban J connectivity index is 2.89. The highest BCUT2D eigenvalue weighted by atomic mass is 15.2. The van der Waals surface area contributed by atoms with Crippen LogP contribution in [0.3, 0.4) is 0 Å². The van der Waals surface area contributed by atoms with Crippen LogP contribution in [0, 0.1) is 6.33 Å². The van der Waals surface area contributed by atoms with Gasteiger partial charge in [-0.15, -0.1) is 10.2 Å². The molecule has 10 heavy (non-hydrogen) atoms. The van der Waals surface area contributed by atoms with Gasteiger partial charge in [0.1, 0.15) is 11.8 Å². The number of hydrogen-bond acceptors (Lipinski definition) is 5. The predicted octanol–water partition coefficient (Wildman–Crippen LogP) is -0.385. The van der Waals surface area contributed by atoms with Crippen molar-refractivity contribution >= 4 is 11.2 Å². The highest BCUT2D eigenvalue weighted by Gasteiger charge is 1.92. The molecule has 0 aliphatic rings. The molecule has 0 bridgehead atoms. The van der Waals surface area contributed by atoms with Crippen LogP contribution in [0.25, 0.3) is 11.2 Å². The van der Waals surface area contributed by atoms with Crippen LogP contribution in [0.1, 0.15) is 0 Å². The average molecular weight is 132 g/mol. The molecule has 1 radical (unpaired) electrons. The summed E-state index contributed by atoms with van der Waals surface area (Å²) < 4.78 is 0. The maximum absolute atomic E-state index is 3.81. The monoisotopic (exact) mass is 132 g/mol. The first-order valence-corrected chi connectivity index (χ1v) is 2.63. The minimum Gasteiger partial charge on any atom is -0.242 e. The molecule has 0 spiro atoms. The molecule has 2 aromatic rings. The molecule has 0 fully saturated rings. The van der Waals surface area contributed by atoms with Crippen molar-refractivity contribution in [2.75, 3.05) is 0 Å². The maximum Gasteiger partial charge on any atom is 0.222 e. The van der Waals surface area contributed by atoms with Gasteiger partial charge in [0.2, 0.25) is 12.0 Å². The van der Waals surface area contributed by atoms with E-state index in [0.717, 1.165) is 0 Å². The number of hydrogen-bond donors (Lipinski definition) is 0. The molecule has 5 nitrogen and oxygen atoms in total. The largest absolute Gasteiger partial charge is 0.242 e. The molecule has 47 valence electrons. The molecule has 2 rings (SSSR count). The van der Waals surface area contributed by atoms with Gasteiger partial charge in [-0.2, -0.15) is 0 Å². The normalized spacial score (nSPS) is 10.0. The minimum absolute atomic E-state index is 0.494. The smallest absolute Gasteiger partial charge is 0.222 e. The number of nitrogens with zero attached hydrogens (tertiary/aromatic N) is 5. The molecule has 0 aromatic carbocycles. The lowest BCUT2D eigenvalue weighted by molar-refractivity contribution is 0.979. The van der Waals surface area contributed by atoms with E-state index in [9.17, 15) is 0 Å². The SMILES string of the molecule is [c]1nnc2ncncc2n1. The average Bonchev–Trinajstić information content (AvgIpc) is 2.05. The highest BCUT2D eigenvalue weighted by molar-refractivity contribution is 5.65. The second kappa shape index (κ2) is 1.94. The molecule has 0 unspecified atom stereocenters. The van der Waals surface area contributed by atoms with Gasteiger partial charge in [0.15, 0.2) is 0 Å². The molecule has 0 amide bonds. The molecular formula is C5H2N5. The summed E-state index contributed by atoms with van der Waals surface area (Å²) in [6.45, 7) is 0. The lowest BCUT2D eigenvalue weighted by atomic mass is 10.5. The Hall–Kier alpha value is -1.65. The van der Waals surface area contributed by atoms with Crippen molar-refractivity contribution in [2.24, 2.45) is 0 Å². The summed E-state index contributed by atoms with van der Waals surface area (Å²) in [5.74, 6) is 0. The van der Waals surface area contributed by atoms with Crippen LogP contribution in [-0.2, 0) is 0 Å². The molecule has 5 heteroatoms. The molecule has 0 aliphatic carbocycles. The fourth-order valence-electron chi connectivity index (χ4n) is 0.618. The zero-order valence-electron chi connectivity index (χ0n) is 4.89. The minimum atomic E-state index is 0.494. The molecule has 0 aliphatic heterocycles. The van der Waals surface area contributed by atoms with Crippen LogP contribution in [0.4, 0.5) is 0 Å². The molecule has 2 heterocycles. The Kier molecular flexibility index (Phi) is 1.00. The quantitative estimate of drug-likeness (QED) is 0.488. The summed E-state index contributed by atoms with van der Waals surface area (Å²) in [5.41, 5.74) is 1.10. The number of aromatic nitrogens is 5. The Morgan fingerprint density at radius 3 is 3.30 bits per heavy atom. The Morgan fingerprint density at radius 1 is 1.40 bits per heavy atom. The summed E-state index contributed by atoms with van der Waals surface area (Å²) in [7, 11) is 0. The summed E-state index contributed by atoms with van der Waals surface area (Å²) in [6, 6.07) is 0. The van der Waals surface area contributed by atoms with Gasteiger partial charge < -0.3 is 0 Å². The lowest BCUT2D eigenvalue weighted by Crippen LogP contribution is -1.90. The van der Waals surface area contributed by atoms with E-state index in [4.69, 9.17) is 0 Å². The fourth-order valence-corrected chi connectivity index (χ4v) is 0.618. The van der Waals surface area contributed by atoms with Gasteiger partial charge in [0.25, 0.3) is 0 Å². The first-order valence-electron chi connectivity index (χ1n) is 2.63. The molecule has 0 N–H and O–H groups in total. The molecule has 0 saturated heterocycles. The molecular weight excluding hydrogens is 130 g/mol. The van der Waals surface area contributed by atoms with Crippen LogP contribution in [-0.4, -0.2) is 25.1 Å². The first kappa shape index (κ1) is 5.16. The predicted molar refractivity (Wildman–Crippen MR) is 31.8 cm³/mol. The second-order valence-corrected chi connectivity index (χ2v) is 1.64. The Bertz CT molecular complexity index is 281. The number of rotatable bonds is 0. The van der Waals surface area contributed by atoms with E-state index in [1.807, 2.05) is 0 Å². The third kappa shape index (κ3) is 0.680. The van der Waals surface area contributed by atoms with Crippen molar-refractivity contribution in [3.8, 4) is 0 Å². The summed E-state index contributed by atoms with van der Waals surface area (Å²) in [6.07, 6.45) is 5.31. The van der Waals surface area contributed by atoms with Crippen molar-refractivity contribution in [2.45, 2.75) is 0 Å². The van der Waals surface area contributed by atoms with Crippen LogP contribution in [0.5, 0.6) is 0 Å². The van der Waals surface area contributed by atoms with Crippen molar-refractivity contribution in [1.82, 2.24) is 25.1 Å². The lowest BCUT2D eigenvalue weighted by Gasteiger charge is -1.87. The van der Waals surface area contributed by atoms with Gasteiger partial charge in [0, 0.05) is 0 Å². The zero-order valence-corrected chi connectivity index (χ0v) is 4.89. The van der Waals surface area contributed by atoms with Gasteiger partial charge in [-0.3, -0.25) is 0 Å². The van der Waals surface area contributed by atoms with Crippen LogP contribution < -0.4 is 0 Å². The second-order valence-electron chi connectivity index (χ2n) is 1.64. The van der Waals surface area contributed by atoms with Gasteiger partial charge >= 0.3 is 0 Å². The van der Waals surface area contributed by atoms with Crippen molar-refractivity contribution in [1.29, 1.82) is 0 Å². The van der Waals surface area contributed by atoms with Gasteiger partial charge in [-0.05, 0) is 0 Å². The third-order valence-corrected chi connectivity index (χ3v) is 1.03. The van der Waals surface area contributed by atoms with E-state index in [0.29, 0.717) is 11.2 Å². The van der Waals surface area contributed by atoms with Crippen LogP contribution >= 0.6 is 0 Å². The van der Waals surface area contributed by atoms with Crippen molar-refractivity contribution in [3.63, 3.8) is 0 Å². The topological polar surface area (TPSA) is 64.5 Å². The van der Waals surface area contributed by atoms with E-state index in [1.165, 1.54) is 6.33 Å². The summed E-state index contributed by atoms with van der Waals surface area (Å²) in [4.78, 5) is 11.3.